The highest BCUT2D eigenvalue weighted by molar-refractivity contribution is 6.05. The van der Waals surface area contributed by atoms with Crippen LogP contribution in [0.4, 0.5) is 18.9 Å². The Morgan fingerprint density at radius 1 is 0.778 bits per heavy atom. The number of hydrogen-bond donors (Lipinski definition) is 1. The Balaban J connectivity index is 1.11. The second-order valence-corrected chi connectivity index (χ2v) is 9.94. The minimum absolute atomic E-state index is 0.271. The summed E-state index contributed by atoms with van der Waals surface area (Å²) in [5.41, 5.74) is 5.07. The van der Waals surface area contributed by atoms with E-state index in [0.29, 0.717) is 34.9 Å². The van der Waals surface area contributed by atoms with Gasteiger partial charge >= 0.3 is 6.36 Å². The molecule has 0 atom stereocenters. The minimum Gasteiger partial charge on any atom is -0.488 e. The van der Waals surface area contributed by atoms with Gasteiger partial charge in [0.15, 0.2) is 5.82 Å². The molecule has 10 heteroatoms. The number of amides is 1. The lowest BCUT2D eigenvalue weighted by molar-refractivity contribution is -0.274. The highest BCUT2D eigenvalue weighted by Crippen LogP contribution is 2.31. The Kier molecular flexibility index (Phi) is 8.28. The van der Waals surface area contributed by atoms with Crippen molar-refractivity contribution in [2.45, 2.75) is 13.0 Å². The summed E-state index contributed by atoms with van der Waals surface area (Å²) in [4.78, 5) is 17.5. The average molecular weight is 607 g/mol. The molecular weight excluding hydrogens is 581 g/mol. The van der Waals surface area contributed by atoms with Gasteiger partial charge in [0.25, 0.3) is 5.91 Å². The maximum Gasteiger partial charge on any atom is 0.573 e. The van der Waals surface area contributed by atoms with Crippen molar-refractivity contribution in [2.24, 2.45) is 0 Å². The summed E-state index contributed by atoms with van der Waals surface area (Å²) in [7, 11) is 0. The first-order valence-corrected chi connectivity index (χ1v) is 13.9. The summed E-state index contributed by atoms with van der Waals surface area (Å²) in [6, 6.07) is 37.3. The molecule has 1 amide bonds. The van der Waals surface area contributed by atoms with Crippen molar-refractivity contribution in [3.63, 3.8) is 0 Å². The molecule has 224 valence electrons. The third kappa shape index (κ3) is 7.37. The topological polar surface area (TPSA) is 78.3 Å². The maximum atomic E-state index is 13.2. The Labute approximate surface area is 256 Å². The van der Waals surface area contributed by atoms with E-state index in [0.717, 1.165) is 22.4 Å². The standard InChI is InChI=1S/C35H25F3N4O3/c36-35(37,38)45-30-19-17-29(18-20-30)42-23-39-33(41-42)25-13-15-28(16-14-25)40-34(43)27-10-6-9-26(21-27)31-11-4-5-12-32(31)44-22-24-7-2-1-3-8-24/h1-21,23H,22H2,(H,40,43). The fourth-order valence-electron chi connectivity index (χ4n) is 4.62. The lowest BCUT2D eigenvalue weighted by atomic mass is 10.0. The quantitative estimate of drug-likeness (QED) is 0.179. The van der Waals surface area contributed by atoms with Gasteiger partial charge in [0.1, 0.15) is 24.4 Å². The highest BCUT2D eigenvalue weighted by Gasteiger charge is 2.31. The molecular formula is C35H25F3N4O3. The lowest BCUT2D eigenvalue weighted by Gasteiger charge is -2.13. The molecule has 1 N–H and O–H groups in total. The van der Waals surface area contributed by atoms with Gasteiger partial charge in [-0.2, -0.15) is 0 Å². The van der Waals surface area contributed by atoms with Gasteiger partial charge < -0.3 is 14.8 Å². The van der Waals surface area contributed by atoms with E-state index >= 15 is 0 Å². The minimum atomic E-state index is -4.76. The van der Waals surface area contributed by atoms with Gasteiger partial charge in [0, 0.05) is 22.4 Å². The van der Waals surface area contributed by atoms with Gasteiger partial charge in [-0.25, -0.2) is 9.67 Å². The van der Waals surface area contributed by atoms with E-state index in [2.05, 4.69) is 20.1 Å². The predicted molar refractivity (Wildman–Crippen MR) is 164 cm³/mol. The second kappa shape index (κ2) is 12.8. The zero-order chi connectivity index (χ0) is 31.2. The van der Waals surface area contributed by atoms with Gasteiger partial charge in [0.2, 0.25) is 0 Å². The van der Waals surface area contributed by atoms with Crippen molar-refractivity contribution in [3.05, 3.63) is 145 Å². The number of halogens is 3. The van der Waals surface area contributed by atoms with Crippen LogP contribution in [0.15, 0.2) is 134 Å². The molecule has 0 bridgehead atoms. The molecule has 0 spiro atoms. The third-order valence-electron chi connectivity index (χ3n) is 6.79. The molecule has 0 fully saturated rings. The van der Waals surface area contributed by atoms with Crippen LogP contribution in [-0.2, 0) is 6.61 Å². The summed E-state index contributed by atoms with van der Waals surface area (Å²) < 4.78 is 48.7. The molecule has 45 heavy (non-hydrogen) atoms. The van der Waals surface area contributed by atoms with Crippen LogP contribution in [0, 0.1) is 0 Å². The molecule has 5 aromatic carbocycles. The SMILES string of the molecule is O=C(Nc1ccc(-c2ncn(-c3ccc(OC(F)(F)F)cc3)n2)cc1)c1cccc(-c2ccccc2OCc2ccccc2)c1. The van der Waals surface area contributed by atoms with Crippen LogP contribution in [0.3, 0.4) is 0 Å². The molecule has 7 nitrogen and oxygen atoms in total. The van der Waals surface area contributed by atoms with E-state index in [4.69, 9.17) is 4.74 Å². The first-order valence-electron chi connectivity index (χ1n) is 13.9. The van der Waals surface area contributed by atoms with Crippen LogP contribution >= 0.6 is 0 Å². The number of aromatic nitrogens is 3. The molecule has 6 aromatic rings. The number of anilines is 1. The number of ether oxygens (including phenoxy) is 2. The van der Waals surface area contributed by atoms with Gasteiger partial charge in [-0.3, -0.25) is 4.79 Å². The van der Waals surface area contributed by atoms with E-state index < -0.39 is 6.36 Å². The predicted octanol–water partition coefficient (Wildman–Crippen LogP) is 8.33. The molecule has 0 saturated heterocycles. The summed E-state index contributed by atoms with van der Waals surface area (Å²) in [6.45, 7) is 0.428. The number of para-hydroxylation sites is 1. The van der Waals surface area contributed by atoms with E-state index in [9.17, 15) is 18.0 Å². The molecule has 0 aliphatic rings. The fourth-order valence-corrected chi connectivity index (χ4v) is 4.62. The molecule has 6 rings (SSSR count). The molecule has 0 aliphatic carbocycles. The van der Waals surface area contributed by atoms with Crippen molar-refractivity contribution in [2.75, 3.05) is 5.32 Å². The van der Waals surface area contributed by atoms with Crippen molar-refractivity contribution < 1.29 is 27.4 Å². The monoisotopic (exact) mass is 606 g/mol. The number of nitrogens with zero attached hydrogens (tertiary/aromatic N) is 3. The van der Waals surface area contributed by atoms with Crippen LogP contribution in [0.25, 0.3) is 28.2 Å². The van der Waals surface area contributed by atoms with E-state index in [1.54, 1.807) is 30.3 Å². The number of nitrogens with one attached hydrogen (secondary N) is 1. The van der Waals surface area contributed by atoms with Crippen LogP contribution in [0.1, 0.15) is 15.9 Å². The molecule has 0 unspecified atom stereocenters. The van der Waals surface area contributed by atoms with Crippen molar-refractivity contribution in [1.82, 2.24) is 14.8 Å². The molecule has 1 heterocycles. The number of benzene rings is 5. The molecule has 0 saturated carbocycles. The van der Waals surface area contributed by atoms with Crippen molar-refractivity contribution >= 4 is 11.6 Å². The van der Waals surface area contributed by atoms with Crippen LogP contribution in [-0.4, -0.2) is 27.0 Å². The molecule has 0 radical (unpaired) electrons. The normalized spacial score (nSPS) is 11.2. The fraction of sp³-hybridized carbons (Fsp3) is 0.0571. The first kappa shape index (κ1) is 29.2. The van der Waals surface area contributed by atoms with Crippen molar-refractivity contribution in [3.8, 4) is 39.7 Å². The Morgan fingerprint density at radius 2 is 1.51 bits per heavy atom. The van der Waals surface area contributed by atoms with Gasteiger partial charge in [-0.15, -0.1) is 18.3 Å². The number of alkyl halides is 3. The summed E-state index contributed by atoms with van der Waals surface area (Å²) in [6.07, 6.45) is -3.30. The number of carbonyl (C=O) groups excluding carboxylic acids is 1. The van der Waals surface area contributed by atoms with Gasteiger partial charge in [-0.05, 0) is 77.9 Å². The zero-order valence-corrected chi connectivity index (χ0v) is 23.6. The Hall–Kier alpha value is -5.90. The second-order valence-electron chi connectivity index (χ2n) is 9.94. The number of rotatable bonds is 9. The lowest BCUT2D eigenvalue weighted by Crippen LogP contribution is -2.17. The van der Waals surface area contributed by atoms with Crippen LogP contribution in [0.2, 0.25) is 0 Å². The number of hydrogen-bond acceptors (Lipinski definition) is 5. The van der Waals surface area contributed by atoms with Crippen molar-refractivity contribution in [1.29, 1.82) is 0 Å². The molecule has 1 aromatic heterocycles. The Bertz CT molecular complexity index is 1910. The third-order valence-corrected chi connectivity index (χ3v) is 6.79. The smallest absolute Gasteiger partial charge is 0.488 e. The molecule has 0 aliphatic heterocycles. The zero-order valence-electron chi connectivity index (χ0n) is 23.6. The number of carbonyl (C=O) groups is 1. The van der Waals surface area contributed by atoms with Gasteiger partial charge in [-0.1, -0.05) is 60.7 Å². The average Bonchev–Trinajstić information content (AvgIpc) is 3.55. The van der Waals surface area contributed by atoms with E-state index in [-0.39, 0.29) is 11.7 Å². The maximum absolute atomic E-state index is 13.2. The van der Waals surface area contributed by atoms with E-state index in [1.807, 2.05) is 72.8 Å². The van der Waals surface area contributed by atoms with Crippen LogP contribution < -0.4 is 14.8 Å². The summed E-state index contributed by atoms with van der Waals surface area (Å²) in [5.74, 6) is 0.531. The summed E-state index contributed by atoms with van der Waals surface area (Å²) in [5, 5.41) is 7.34. The largest absolute Gasteiger partial charge is 0.573 e. The van der Waals surface area contributed by atoms with E-state index in [1.165, 1.54) is 35.3 Å². The highest BCUT2D eigenvalue weighted by atomic mass is 19.4. The summed E-state index contributed by atoms with van der Waals surface area (Å²) >= 11 is 0. The van der Waals surface area contributed by atoms with Crippen LogP contribution in [0.5, 0.6) is 11.5 Å². The Morgan fingerprint density at radius 3 is 2.27 bits per heavy atom. The van der Waals surface area contributed by atoms with Gasteiger partial charge in [0.05, 0.1) is 5.69 Å². The first-order chi connectivity index (χ1) is 21.8.